The molecule has 0 radical (unpaired) electrons. The summed E-state index contributed by atoms with van der Waals surface area (Å²) in [6, 6.07) is -3.22. The quantitative estimate of drug-likeness (QED) is 0.0968. The van der Waals surface area contributed by atoms with E-state index in [0.717, 1.165) is 0 Å². The molecule has 11 nitrogen and oxygen atoms in total. The Morgan fingerprint density at radius 1 is 0.962 bits per heavy atom. The number of nitrogens with zero attached hydrogens (tertiary/aromatic N) is 1. The predicted molar refractivity (Wildman–Crippen MR) is 96.8 cm³/mol. The van der Waals surface area contributed by atoms with Crippen molar-refractivity contribution >= 4 is 30.0 Å². The summed E-state index contributed by atoms with van der Waals surface area (Å²) in [5, 5.41) is 7.34. The highest BCUT2D eigenvalue weighted by Crippen LogP contribution is 1.97. The summed E-state index contributed by atoms with van der Waals surface area (Å²) in [4.78, 5) is 50.1. The molecule has 11 heteroatoms. The molecule has 26 heavy (non-hydrogen) atoms. The van der Waals surface area contributed by atoms with Gasteiger partial charge in [-0.1, -0.05) is 0 Å². The van der Waals surface area contributed by atoms with Gasteiger partial charge in [0, 0.05) is 6.54 Å². The Morgan fingerprint density at radius 3 is 1.96 bits per heavy atom. The highest BCUT2D eigenvalue weighted by molar-refractivity contribution is 5.93. The van der Waals surface area contributed by atoms with Crippen LogP contribution < -0.4 is 33.2 Å². The van der Waals surface area contributed by atoms with Gasteiger partial charge in [-0.05, 0) is 33.6 Å². The highest BCUT2D eigenvalue weighted by atomic mass is 16.2. The molecule has 0 aromatic heterocycles. The van der Waals surface area contributed by atoms with Crippen LogP contribution in [0.15, 0.2) is 4.99 Å². The maximum Gasteiger partial charge on any atom is 0.242 e. The number of guanidine groups is 1. The van der Waals surface area contributed by atoms with Crippen LogP contribution in [-0.2, 0) is 19.2 Å². The molecule has 0 aromatic rings. The minimum atomic E-state index is -0.884. The second-order valence-electron chi connectivity index (χ2n) is 5.95. The number of aliphatic imine (C=N–C) groups is 1. The van der Waals surface area contributed by atoms with Crippen molar-refractivity contribution in [3.8, 4) is 0 Å². The van der Waals surface area contributed by atoms with Gasteiger partial charge in [-0.3, -0.25) is 19.4 Å². The summed E-state index contributed by atoms with van der Waals surface area (Å²) in [7, 11) is 0. The van der Waals surface area contributed by atoms with Crippen LogP contribution >= 0.6 is 0 Å². The summed E-state index contributed by atoms with van der Waals surface area (Å²) < 4.78 is 0. The summed E-state index contributed by atoms with van der Waals surface area (Å²) in [5.41, 5.74) is 16.1. The van der Waals surface area contributed by atoms with Crippen molar-refractivity contribution in [2.24, 2.45) is 22.2 Å². The van der Waals surface area contributed by atoms with Gasteiger partial charge in [-0.15, -0.1) is 0 Å². The minimum absolute atomic E-state index is 0.0333. The first-order valence-corrected chi connectivity index (χ1v) is 8.25. The number of aldehydes is 1. The van der Waals surface area contributed by atoms with Crippen LogP contribution in [0.3, 0.4) is 0 Å². The zero-order valence-electron chi connectivity index (χ0n) is 15.3. The first-order valence-electron chi connectivity index (χ1n) is 8.25. The summed E-state index contributed by atoms with van der Waals surface area (Å²) in [6.07, 6.45) is 1.43. The monoisotopic (exact) mass is 371 g/mol. The maximum atomic E-state index is 12.0. The molecule has 0 saturated heterocycles. The van der Waals surface area contributed by atoms with Crippen molar-refractivity contribution in [3.63, 3.8) is 0 Å². The van der Waals surface area contributed by atoms with Gasteiger partial charge in [0.25, 0.3) is 0 Å². The van der Waals surface area contributed by atoms with Crippen molar-refractivity contribution in [1.82, 2.24) is 16.0 Å². The van der Waals surface area contributed by atoms with E-state index in [-0.39, 0.29) is 5.96 Å². The molecule has 0 bridgehead atoms. The Bertz CT molecular complexity index is 534. The molecular formula is C15H29N7O4. The first kappa shape index (κ1) is 23.3. The number of rotatable bonds is 11. The first-order chi connectivity index (χ1) is 12.1. The van der Waals surface area contributed by atoms with E-state index in [1.807, 2.05) is 0 Å². The third-order valence-electron chi connectivity index (χ3n) is 3.38. The molecule has 0 fully saturated rings. The Morgan fingerprint density at radius 2 is 1.46 bits per heavy atom. The fourth-order valence-electron chi connectivity index (χ4n) is 1.82. The Labute approximate surface area is 152 Å². The number of hydrogen-bond donors (Lipinski definition) is 6. The van der Waals surface area contributed by atoms with Crippen LogP contribution in [0.25, 0.3) is 0 Å². The average molecular weight is 371 g/mol. The van der Waals surface area contributed by atoms with Crippen LogP contribution in [0.1, 0.15) is 33.6 Å². The lowest BCUT2D eigenvalue weighted by molar-refractivity contribution is -0.132. The van der Waals surface area contributed by atoms with Crippen molar-refractivity contribution in [3.05, 3.63) is 0 Å². The fourth-order valence-corrected chi connectivity index (χ4v) is 1.82. The second-order valence-corrected chi connectivity index (χ2v) is 5.95. The van der Waals surface area contributed by atoms with Crippen LogP contribution in [0.5, 0.6) is 0 Å². The van der Waals surface area contributed by atoms with Crippen LogP contribution in [0.4, 0.5) is 0 Å². The number of nitrogens with two attached hydrogens (primary N) is 3. The normalized spacial score (nSPS) is 14.9. The smallest absolute Gasteiger partial charge is 0.242 e. The molecule has 0 spiro atoms. The summed E-state index contributed by atoms with van der Waals surface area (Å²) in [5.74, 6) is -1.58. The molecule has 148 valence electrons. The van der Waals surface area contributed by atoms with Gasteiger partial charge >= 0.3 is 0 Å². The number of carbonyl (C=O) groups excluding carboxylic acids is 4. The maximum absolute atomic E-state index is 12.0. The zero-order valence-corrected chi connectivity index (χ0v) is 15.3. The molecular weight excluding hydrogens is 342 g/mol. The van der Waals surface area contributed by atoms with E-state index in [0.29, 0.717) is 25.7 Å². The number of nitrogens with one attached hydrogen (secondary N) is 3. The van der Waals surface area contributed by atoms with Gasteiger partial charge in [0.05, 0.1) is 12.1 Å². The molecule has 0 rings (SSSR count). The van der Waals surface area contributed by atoms with Crippen molar-refractivity contribution in [2.75, 3.05) is 6.54 Å². The molecule has 0 aromatic carbocycles. The lowest BCUT2D eigenvalue weighted by Crippen LogP contribution is -2.54. The molecule has 4 atom stereocenters. The fraction of sp³-hybridized carbons (Fsp3) is 0.667. The van der Waals surface area contributed by atoms with E-state index < -0.39 is 41.9 Å². The van der Waals surface area contributed by atoms with E-state index >= 15 is 0 Å². The molecule has 0 aliphatic rings. The molecule has 3 unspecified atom stereocenters. The van der Waals surface area contributed by atoms with Gasteiger partial charge in [0.2, 0.25) is 17.7 Å². The topological polar surface area (TPSA) is 195 Å². The predicted octanol–water partition coefficient (Wildman–Crippen LogP) is -2.92. The average Bonchev–Trinajstić information content (AvgIpc) is 2.57. The molecule has 0 saturated carbocycles. The molecule has 3 amide bonds. The number of hydrogen-bond acceptors (Lipinski definition) is 6. The SMILES string of the molecule is CC(NC(=O)C(N)CCCN=C(N)N)C(=O)NC(C)C(=O)N[C@H](C)C=O. The number of carbonyl (C=O) groups is 4. The van der Waals surface area contributed by atoms with E-state index in [9.17, 15) is 19.2 Å². The Balaban J connectivity index is 4.34. The van der Waals surface area contributed by atoms with Gasteiger partial charge in [-0.25, -0.2) is 0 Å². The third-order valence-corrected chi connectivity index (χ3v) is 3.38. The lowest BCUT2D eigenvalue weighted by Gasteiger charge is -2.20. The van der Waals surface area contributed by atoms with Gasteiger partial charge < -0.3 is 37.9 Å². The Hall–Kier alpha value is -2.69. The summed E-state index contributed by atoms with van der Waals surface area (Å²) >= 11 is 0. The molecule has 0 aliphatic heterocycles. The van der Waals surface area contributed by atoms with Gasteiger partial charge in [0.15, 0.2) is 5.96 Å². The van der Waals surface area contributed by atoms with Crippen LogP contribution in [-0.4, -0.2) is 60.7 Å². The van der Waals surface area contributed by atoms with E-state index in [1.165, 1.54) is 20.8 Å². The van der Waals surface area contributed by atoms with Crippen molar-refractivity contribution in [1.29, 1.82) is 0 Å². The van der Waals surface area contributed by atoms with E-state index in [1.54, 1.807) is 0 Å². The minimum Gasteiger partial charge on any atom is -0.370 e. The largest absolute Gasteiger partial charge is 0.370 e. The summed E-state index contributed by atoms with van der Waals surface area (Å²) in [6.45, 7) is 4.80. The van der Waals surface area contributed by atoms with Crippen LogP contribution in [0, 0.1) is 0 Å². The van der Waals surface area contributed by atoms with E-state index in [2.05, 4.69) is 20.9 Å². The molecule has 0 aliphatic carbocycles. The second kappa shape index (κ2) is 11.8. The highest BCUT2D eigenvalue weighted by Gasteiger charge is 2.23. The molecule has 0 heterocycles. The van der Waals surface area contributed by atoms with Crippen LogP contribution in [0.2, 0.25) is 0 Å². The van der Waals surface area contributed by atoms with Gasteiger partial charge in [0.1, 0.15) is 18.4 Å². The number of amides is 3. The lowest BCUT2D eigenvalue weighted by atomic mass is 10.1. The zero-order chi connectivity index (χ0) is 20.3. The van der Waals surface area contributed by atoms with Gasteiger partial charge in [-0.2, -0.15) is 0 Å². The van der Waals surface area contributed by atoms with E-state index in [4.69, 9.17) is 17.2 Å². The Kier molecular flexibility index (Phi) is 10.6. The van der Waals surface area contributed by atoms with Crippen molar-refractivity contribution < 1.29 is 19.2 Å². The third kappa shape index (κ3) is 9.57. The van der Waals surface area contributed by atoms with Crippen molar-refractivity contribution in [2.45, 2.75) is 57.8 Å². The molecule has 9 N–H and O–H groups in total. The standard InChI is InChI=1S/C15H29N7O4/c1-8(7-23)20-12(24)9(2)21-13(25)10(3)22-14(26)11(16)5-4-6-19-15(17)18/h7-11H,4-6,16H2,1-3H3,(H,20,24)(H,21,25)(H,22,26)(H4,17,18,19)/t8-,9?,10?,11?/m1/s1.